The van der Waals surface area contributed by atoms with Crippen molar-refractivity contribution < 1.29 is 31.1 Å². The number of carbonyl (C=O) groups is 1. The topological polar surface area (TPSA) is 29.1 Å². The number of hydrogen-bond donors (Lipinski definition) is 1. The predicted octanol–water partition coefficient (Wildman–Crippen LogP) is 7.20. The summed E-state index contributed by atoms with van der Waals surface area (Å²) >= 11 is 1.13. The lowest BCUT2D eigenvalue weighted by Gasteiger charge is -2.19. The highest BCUT2D eigenvalue weighted by Crippen LogP contribution is 2.39. The minimum atomic E-state index is -5.00. The predicted molar refractivity (Wildman–Crippen MR) is 107 cm³/mol. The van der Waals surface area contributed by atoms with Gasteiger partial charge in [0, 0.05) is 10.6 Å². The molecule has 3 aromatic carbocycles. The second-order valence-corrected chi connectivity index (χ2v) is 7.68. The normalized spacial score (nSPS) is 13.0. The molecule has 0 fully saturated rings. The molecule has 0 heterocycles. The number of benzene rings is 3. The summed E-state index contributed by atoms with van der Waals surface area (Å²) in [4.78, 5) is 13.7. The first-order valence-corrected chi connectivity index (χ1v) is 9.79. The third-order valence-electron chi connectivity index (χ3n) is 4.19. The van der Waals surface area contributed by atoms with Crippen LogP contribution in [0.5, 0.6) is 0 Å². The molecule has 0 spiro atoms. The van der Waals surface area contributed by atoms with Crippen molar-refractivity contribution in [3.05, 3.63) is 95.6 Å². The lowest BCUT2D eigenvalue weighted by Crippen LogP contribution is -2.20. The minimum absolute atomic E-state index is 0.0169. The van der Waals surface area contributed by atoms with Gasteiger partial charge in [-0.15, -0.1) is 11.8 Å². The van der Waals surface area contributed by atoms with Gasteiger partial charge in [-0.1, -0.05) is 48.5 Å². The van der Waals surface area contributed by atoms with Crippen molar-refractivity contribution in [3.8, 4) is 0 Å². The number of thioether (sulfide) groups is 1. The first kappa shape index (κ1) is 22.7. The van der Waals surface area contributed by atoms with Crippen LogP contribution >= 0.6 is 11.8 Å². The van der Waals surface area contributed by atoms with Crippen LogP contribution in [0.2, 0.25) is 0 Å². The molecule has 1 amide bonds. The van der Waals surface area contributed by atoms with E-state index in [9.17, 15) is 31.1 Å². The molecule has 162 valence electrons. The number of anilines is 1. The molecule has 0 bridgehead atoms. The first-order chi connectivity index (χ1) is 14.5. The van der Waals surface area contributed by atoms with Gasteiger partial charge in [-0.05, 0) is 35.9 Å². The van der Waals surface area contributed by atoms with Crippen molar-refractivity contribution in [2.24, 2.45) is 0 Å². The summed E-state index contributed by atoms with van der Waals surface area (Å²) < 4.78 is 78.6. The van der Waals surface area contributed by atoms with Crippen LogP contribution in [0.1, 0.15) is 21.9 Å². The Morgan fingerprint density at radius 1 is 0.742 bits per heavy atom. The van der Waals surface area contributed by atoms with Crippen molar-refractivity contribution in [2.75, 3.05) is 5.32 Å². The Kier molecular flexibility index (Phi) is 6.64. The van der Waals surface area contributed by atoms with E-state index in [1.54, 1.807) is 60.7 Å². The van der Waals surface area contributed by atoms with Crippen LogP contribution in [0, 0.1) is 0 Å². The summed E-state index contributed by atoms with van der Waals surface area (Å²) in [6, 6.07) is 18.2. The molecule has 0 aliphatic carbocycles. The fraction of sp³-hybridized carbons (Fsp3) is 0.136. The van der Waals surface area contributed by atoms with E-state index in [0.29, 0.717) is 22.6 Å². The van der Waals surface area contributed by atoms with Gasteiger partial charge in [-0.3, -0.25) is 4.79 Å². The number of alkyl halides is 6. The van der Waals surface area contributed by atoms with Gasteiger partial charge < -0.3 is 5.32 Å². The van der Waals surface area contributed by atoms with Crippen LogP contribution in [0.3, 0.4) is 0 Å². The molecule has 31 heavy (non-hydrogen) atoms. The maximum absolute atomic E-state index is 13.1. The largest absolute Gasteiger partial charge is 0.416 e. The fourth-order valence-electron chi connectivity index (χ4n) is 2.77. The molecule has 0 aromatic heterocycles. The van der Waals surface area contributed by atoms with Crippen LogP contribution < -0.4 is 5.32 Å². The zero-order valence-electron chi connectivity index (χ0n) is 15.7. The van der Waals surface area contributed by atoms with Crippen LogP contribution in [0.25, 0.3) is 0 Å². The monoisotopic (exact) mass is 455 g/mol. The van der Waals surface area contributed by atoms with Crippen LogP contribution in [0.4, 0.5) is 32.0 Å². The number of hydrogen-bond acceptors (Lipinski definition) is 2. The molecule has 2 nitrogen and oxygen atoms in total. The molecule has 0 radical (unpaired) electrons. The van der Waals surface area contributed by atoms with E-state index >= 15 is 0 Å². The standard InChI is InChI=1S/C22H15F6NOS/c23-21(24,25)15-11-16(22(26,27)28)13-17(12-15)29-20(30)19(14-7-3-1-4-8-14)31-18-9-5-2-6-10-18/h1-13,19H,(H,29,30)/t19-/m1/s1. The maximum Gasteiger partial charge on any atom is 0.416 e. The summed E-state index contributed by atoms with van der Waals surface area (Å²) in [7, 11) is 0. The molecule has 0 aliphatic rings. The van der Waals surface area contributed by atoms with Crippen LogP contribution in [0.15, 0.2) is 83.8 Å². The average molecular weight is 455 g/mol. The molecule has 0 aliphatic heterocycles. The Morgan fingerprint density at radius 3 is 1.71 bits per heavy atom. The third-order valence-corrected chi connectivity index (χ3v) is 5.46. The maximum atomic E-state index is 13.1. The number of amides is 1. The van der Waals surface area contributed by atoms with Crippen LogP contribution in [-0.2, 0) is 17.1 Å². The highest BCUT2D eigenvalue weighted by Gasteiger charge is 2.37. The molecule has 9 heteroatoms. The van der Waals surface area contributed by atoms with Gasteiger partial charge in [0.25, 0.3) is 0 Å². The molecule has 1 N–H and O–H groups in total. The Hall–Kier alpha value is -2.94. The lowest BCUT2D eigenvalue weighted by atomic mass is 10.1. The van der Waals surface area contributed by atoms with Crippen LogP contribution in [-0.4, -0.2) is 5.91 Å². The van der Waals surface area contributed by atoms with Crippen molar-refractivity contribution in [1.82, 2.24) is 0 Å². The zero-order chi connectivity index (χ0) is 22.6. The van der Waals surface area contributed by atoms with E-state index in [1.165, 1.54) is 0 Å². The molecular weight excluding hydrogens is 440 g/mol. The molecule has 1 atom stereocenters. The smallest absolute Gasteiger partial charge is 0.325 e. The number of rotatable bonds is 5. The molecular formula is C22H15F6NOS. The molecule has 0 saturated carbocycles. The Bertz CT molecular complexity index is 1000. The summed E-state index contributed by atoms with van der Waals surface area (Å²) in [5, 5.41) is 1.33. The highest BCUT2D eigenvalue weighted by atomic mass is 32.2. The fourth-order valence-corrected chi connectivity index (χ4v) is 3.82. The van der Waals surface area contributed by atoms with Gasteiger partial charge in [0.05, 0.1) is 11.1 Å². The Labute approximate surface area is 178 Å². The minimum Gasteiger partial charge on any atom is -0.325 e. The summed E-state index contributed by atoms with van der Waals surface area (Å²) in [5.74, 6) is -0.743. The number of halogens is 6. The lowest BCUT2D eigenvalue weighted by molar-refractivity contribution is -0.143. The van der Waals surface area contributed by atoms with Crippen molar-refractivity contribution in [3.63, 3.8) is 0 Å². The van der Waals surface area contributed by atoms with Crippen molar-refractivity contribution in [2.45, 2.75) is 22.5 Å². The molecule has 3 aromatic rings. The van der Waals surface area contributed by atoms with E-state index in [1.807, 2.05) is 0 Å². The van der Waals surface area contributed by atoms with E-state index in [0.717, 1.165) is 11.8 Å². The first-order valence-electron chi connectivity index (χ1n) is 8.91. The van der Waals surface area contributed by atoms with E-state index in [-0.39, 0.29) is 6.07 Å². The average Bonchev–Trinajstić information content (AvgIpc) is 2.72. The van der Waals surface area contributed by atoms with E-state index in [2.05, 4.69) is 5.32 Å². The Balaban J connectivity index is 1.96. The molecule has 0 unspecified atom stereocenters. The quantitative estimate of drug-likeness (QED) is 0.326. The summed E-state index contributed by atoms with van der Waals surface area (Å²) in [6.07, 6.45) is -10.0. The van der Waals surface area contributed by atoms with Gasteiger partial charge in [0.15, 0.2) is 0 Å². The number of nitrogens with one attached hydrogen (secondary N) is 1. The van der Waals surface area contributed by atoms with E-state index in [4.69, 9.17) is 0 Å². The number of carbonyl (C=O) groups excluding carboxylic acids is 1. The zero-order valence-corrected chi connectivity index (χ0v) is 16.5. The second-order valence-electron chi connectivity index (χ2n) is 6.51. The SMILES string of the molecule is O=C(Nc1cc(C(F)(F)F)cc(C(F)(F)F)c1)[C@H](Sc1ccccc1)c1ccccc1. The summed E-state index contributed by atoms with van der Waals surface area (Å²) in [6.45, 7) is 0. The van der Waals surface area contributed by atoms with Gasteiger partial charge >= 0.3 is 12.4 Å². The van der Waals surface area contributed by atoms with E-state index < -0.39 is 40.3 Å². The molecule has 0 saturated heterocycles. The summed E-state index contributed by atoms with van der Waals surface area (Å²) in [5.41, 5.74) is -3.02. The van der Waals surface area contributed by atoms with Gasteiger partial charge in [-0.2, -0.15) is 26.3 Å². The van der Waals surface area contributed by atoms with Gasteiger partial charge in [-0.25, -0.2) is 0 Å². The molecule has 3 rings (SSSR count). The Morgan fingerprint density at radius 2 is 1.23 bits per heavy atom. The van der Waals surface area contributed by atoms with Gasteiger partial charge in [0.2, 0.25) is 5.91 Å². The van der Waals surface area contributed by atoms with Gasteiger partial charge in [0.1, 0.15) is 5.25 Å². The van der Waals surface area contributed by atoms with Crippen molar-refractivity contribution >= 4 is 23.4 Å². The second kappa shape index (κ2) is 9.05. The highest BCUT2D eigenvalue weighted by molar-refractivity contribution is 8.00. The third kappa shape index (κ3) is 6.04. The van der Waals surface area contributed by atoms with Crippen molar-refractivity contribution in [1.29, 1.82) is 0 Å².